The molecule has 0 aliphatic carbocycles. The Morgan fingerprint density at radius 2 is 2.17 bits per heavy atom. The summed E-state index contributed by atoms with van der Waals surface area (Å²) in [4.78, 5) is 4.36. The molecule has 3 nitrogen and oxygen atoms in total. The van der Waals surface area contributed by atoms with Crippen LogP contribution in [0.2, 0.25) is 0 Å². The van der Waals surface area contributed by atoms with Crippen LogP contribution in [0.15, 0.2) is 30.3 Å². The Morgan fingerprint density at radius 1 is 1.28 bits per heavy atom. The van der Waals surface area contributed by atoms with Gasteiger partial charge in [0.25, 0.3) is 0 Å². The van der Waals surface area contributed by atoms with Crippen molar-refractivity contribution in [3.05, 3.63) is 35.9 Å². The topological polar surface area (TPSA) is 34.2 Å². The van der Waals surface area contributed by atoms with Gasteiger partial charge in [-0.15, -0.1) is 0 Å². The first-order valence-corrected chi connectivity index (χ1v) is 5.92. The highest BCUT2D eigenvalue weighted by molar-refractivity contribution is 5.80. The summed E-state index contributed by atoms with van der Waals surface area (Å²) in [6.07, 6.45) is 0.857. The maximum absolute atomic E-state index is 5.10. The minimum Gasteiger partial charge on any atom is -0.481 e. The van der Waals surface area contributed by atoms with Crippen molar-refractivity contribution < 1.29 is 4.74 Å². The molecule has 2 aromatic rings. The van der Waals surface area contributed by atoms with Gasteiger partial charge in [0.2, 0.25) is 5.88 Å². The first kappa shape index (κ1) is 12.4. The molecule has 0 amide bonds. The Hall–Kier alpha value is -2.05. The van der Waals surface area contributed by atoms with Crippen molar-refractivity contribution in [2.24, 2.45) is 0 Å². The summed E-state index contributed by atoms with van der Waals surface area (Å²) >= 11 is 0. The molecule has 0 radical (unpaired) electrons. The van der Waals surface area contributed by atoms with E-state index in [9.17, 15) is 0 Å². The Balaban J connectivity index is 2.24. The van der Waals surface area contributed by atoms with Gasteiger partial charge in [-0.3, -0.25) is 0 Å². The fourth-order valence-corrected chi connectivity index (χ4v) is 1.65. The molecule has 1 aromatic heterocycles. The van der Waals surface area contributed by atoms with Gasteiger partial charge in [-0.1, -0.05) is 11.8 Å². The monoisotopic (exact) mass is 240 g/mol. The molecule has 18 heavy (non-hydrogen) atoms. The van der Waals surface area contributed by atoms with E-state index >= 15 is 0 Å². The normalized spacial score (nSPS) is 9.89. The highest BCUT2D eigenvalue weighted by Crippen LogP contribution is 2.17. The first-order chi connectivity index (χ1) is 8.83. The van der Waals surface area contributed by atoms with Crippen LogP contribution in [0.4, 0.5) is 0 Å². The van der Waals surface area contributed by atoms with Gasteiger partial charge in [0.1, 0.15) is 0 Å². The van der Waals surface area contributed by atoms with Gasteiger partial charge in [-0.25, -0.2) is 4.98 Å². The van der Waals surface area contributed by atoms with Crippen molar-refractivity contribution in [3.63, 3.8) is 0 Å². The zero-order valence-electron chi connectivity index (χ0n) is 10.7. The summed E-state index contributed by atoms with van der Waals surface area (Å²) in [6.45, 7) is 0.916. The second kappa shape index (κ2) is 6.04. The van der Waals surface area contributed by atoms with Crippen LogP contribution in [0.25, 0.3) is 10.9 Å². The molecule has 0 fully saturated rings. The maximum Gasteiger partial charge on any atom is 0.213 e. The second-order valence-electron chi connectivity index (χ2n) is 3.92. The van der Waals surface area contributed by atoms with Gasteiger partial charge in [0.15, 0.2) is 0 Å². The Labute approximate surface area is 107 Å². The molecular formula is C15H16N2O. The zero-order chi connectivity index (χ0) is 12.8. The lowest BCUT2D eigenvalue weighted by molar-refractivity contribution is 0.399. The molecule has 1 N–H and O–H groups in total. The van der Waals surface area contributed by atoms with Crippen molar-refractivity contribution in [3.8, 4) is 17.7 Å². The van der Waals surface area contributed by atoms with Crippen molar-refractivity contribution >= 4 is 10.9 Å². The minimum atomic E-state index is 0.635. The summed E-state index contributed by atoms with van der Waals surface area (Å²) < 4.78 is 5.10. The lowest BCUT2D eigenvalue weighted by Gasteiger charge is -2.01. The number of hydrogen-bond donors (Lipinski definition) is 1. The van der Waals surface area contributed by atoms with Gasteiger partial charge in [-0.2, -0.15) is 0 Å². The number of fused-ring (bicyclic) bond motifs is 1. The number of rotatable bonds is 3. The molecule has 3 heteroatoms. The number of pyridine rings is 1. The van der Waals surface area contributed by atoms with Crippen LogP contribution in [0.3, 0.4) is 0 Å². The smallest absolute Gasteiger partial charge is 0.213 e. The Kier molecular flexibility index (Phi) is 4.16. The van der Waals surface area contributed by atoms with Crippen LogP contribution in [-0.2, 0) is 0 Å². The van der Waals surface area contributed by atoms with Crippen molar-refractivity contribution in [2.75, 3.05) is 20.7 Å². The van der Waals surface area contributed by atoms with Gasteiger partial charge in [0, 0.05) is 30.0 Å². The third kappa shape index (κ3) is 2.99. The van der Waals surface area contributed by atoms with Crippen molar-refractivity contribution in [2.45, 2.75) is 6.42 Å². The first-order valence-electron chi connectivity index (χ1n) is 5.92. The van der Waals surface area contributed by atoms with E-state index in [0.29, 0.717) is 5.88 Å². The lowest BCUT2D eigenvalue weighted by atomic mass is 10.1. The maximum atomic E-state index is 5.10. The molecular weight excluding hydrogens is 224 g/mol. The van der Waals surface area contributed by atoms with Gasteiger partial charge in [0.05, 0.1) is 12.6 Å². The van der Waals surface area contributed by atoms with Gasteiger partial charge < -0.3 is 10.1 Å². The SMILES string of the molecule is CNCCC#Cc1ccc2nc(OC)ccc2c1. The average Bonchev–Trinajstić information content (AvgIpc) is 2.43. The number of aromatic nitrogens is 1. The average molecular weight is 240 g/mol. The van der Waals surface area contributed by atoms with E-state index in [1.807, 2.05) is 37.4 Å². The molecule has 0 saturated heterocycles. The predicted octanol–water partition coefficient (Wildman–Crippen LogP) is 2.20. The van der Waals surface area contributed by atoms with E-state index in [1.165, 1.54) is 0 Å². The molecule has 1 aromatic carbocycles. The van der Waals surface area contributed by atoms with Crippen LogP contribution < -0.4 is 10.1 Å². The molecule has 2 rings (SSSR count). The molecule has 1 heterocycles. The summed E-state index contributed by atoms with van der Waals surface area (Å²) in [7, 11) is 3.55. The fourth-order valence-electron chi connectivity index (χ4n) is 1.65. The molecule has 0 saturated carbocycles. The highest BCUT2D eigenvalue weighted by atomic mass is 16.5. The summed E-state index contributed by atoms with van der Waals surface area (Å²) in [5.41, 5.74) is 1.95. The molecule has 0 atom stereocenters. The quantitative estimate of drug-likeness (QED) is 0.659. The van der Waals surface area contributed by atoms with Crippen LogP contribution in [0, 0.1) is 11.8 Å². The van der Waals surface area contributed by atoms with Crippen LogP contribution >= 0.6 is 0 Å². The van der Waals surface area contributed by atoms with E-state index in [0.717, 1.165) is 29.4 Å². The number of methoxy groups -OCH3 is 1. The number of ether oxygens (including phenoxy) is 1. The van der Waals surface area contributed by atoms with E-state index in [4.69, 9.17) is 4.74 Å². The number of nitrogens with zero attached hydrogens (tertiary/aromatic N) is 1. The highest BCUT2D eigenvalue weighted by Gasteiger charge is 1.98. The molecule has 0 bridgehead atoms. The second-order valence-corrected chi connectivity index (χ2v) is 3.92. The minimum absolute atomic E-state index is 0.635. The standard InChI is InChI=1S/C15H16N2O/c1-16-10-4-3-5-12-6-8-14-13(11-12)7-9-15(17-14)18-2/h6-9,11,16H,4,10H2,1-2H3. The predicted molar refractivity (Wildman–Crippen MR) is 73.7 cm³/mol. The Bertz CT molecular complexity index is 596. The number of benzene rings is 1. The van der Waals surface area contributed by atoms with Gasteiger partial charge >= 0.3 is 0 Å². The molecule has 0 spiro atoms. The summed E-state index contributed by atoms with van der Waals surface area (Å²) in [5, 5.41) is 4.15. The zero-order valence-corrected chi connectivity index (χ0v) is 10.7. The molecule has 0 aliphatic heterocycles. The van der Waals surface area contributed by atoms with E-state index in [1.54, 1.807) is 7.11 Å². The summed E-state index contributed by atoms with van der Waals surface area (Å²) in [5.74, 6) is 6.92. The third-order valence-electron chi connectivity index (χ3n) is 2.61. The third-order valence-corrected chi connectivity index (χ3v) is 2.61. The molecule has 0 aliphatic rings. The van der Waals surface area contributed by atoms with Crippen LogP contribution in [0.1, 0.15) is 12.0 Å². The molecule has 0 unspecified atom stereocenters. The largest absolute Gasteiger partial charge is 0.481 e. The number of hydrogen-bond acceptors (Lipinski definition) is 3. The van der Waals surface area contributed by atoms with Gasteiger partial charge in [-0.05, 0) is 31.3 Å². The van der Waals surface area contributed by atoms with Crippen LogP contribution in [-0.4, -0.2) is 25.7 Å². The van der Waals surface area contributed by atoms with E-state index in [2.05, 4.69) is 22.1 Å². The Morgan fingerprint density at radius 3 is 2.94 bits per heavy atom. The number of nitrogens with one attached hydrogen (secondary N) is 1. The lowest BCUT2D eigenvalue weighted by Crippen LogP contribution is -2.05. The van der Waals surface area contributed by atoms with Crippen molar-refractivity contribution in [1.29, 1.82) is 0 Å². The van der Waals surface area contributed by atoms with Crippen molar-refractivity contribution in [1.82, 2.24) is 10.3 Å². The fraction of sp³-hybridized carbons (Fsp3) is 0.267. The van der Waals surface area contributed by atoms with E-state index < -0.39 is 0 Å². The summed E-state index contributed by atoms with van der Waals surface area (Å²) in [6, 6.07) is 9.87. The van der Waals surface area contributed by atoms with E-state index in [-0.39, 0.29) is 0 Å². The van der Waals surface area contributed by atoms with Crippen LogP contribution in [0.5, 0.6) is 5.88 Å². The molecule has 92 valence electrons.